The first-order valence-corrected chi connectivity index (χ1v) is 6.39. The van der Waals surface area contributed by atoms with Crippen LogP contribution in [0.5, 0.6) is 0 Å². The minimum absolute atomic E-state index is 0.194. The van der Waals surface area contributed by atoms with Crippen LogP contribution >= 0.6 is 0 Å². The molecule has 3 N–H and O–H groups in total. The fourth-order valence-electron chi connectivity index (χ4n) is 1.96. The summed E-state index contributed by atoms with van der Waals surface area (Å²) in [6.45, 7) is 4.87. The van der Waals surface area contributed by atoms with Crippen molar-refractivity contribution >= 4 is 22.7 Å². The number of nitrogens with two attached hydrogens (primary N) is 1. The molecule has 5 heteroatoms. The summed E-state index contributed by atoms with van der Waals surface area (Å²) in [4.78, 5) is 11.2. The molecule has 0 fully saturated rings. The van der Waals surface area contributed by atoms with Gasteiger partial charge in [0.1, 0.15) is 5.82 Å². The van der Waals surface area contributed by atoms with Crippen LogP contribution in [0.3, 0.4) is 0 Å². The number of aromatic nitrogens is 2. The summed E-state index contributed by atoms with van der Waals surface area (Å²) in [5.41, 5.74) is 7.20. The first kappa shape index (κ1) is 13.3. The van der Waals surface area contributed by atoms with Gasteiger partial charge in [0.05, 0.1) is 23.1 Å². The van der Waals surface area contributed by atoms with Crippen LogP contribution in [0.25, 0.3) is 11.0 Å². The molecule has 0 spiro atoms. The molecule has 0 aliphatic heterocycles. The lowest BCUT2D eigenvalue weighted by Crippen LogP contribution is -2.34. The number of nitrogens with one attached hydrogen (secondary N) is 1. The lowest BCUT2D eigenvalue weighted by Gasteiger charge is -2.27. The molecule has 1 aromatic heterocycles. The Morgan fingerprint density at radius 2 is 2.00 bits per heavy atom. The molecule has 0 radical (unpaired) electrons. The minimum atomic E-state index is 0.194. The van der Waals surface area contributed by atoms with Gasteiger partial charge in [0.25, 0.3) is 0 Å². The third kappa shape index (κ3) is 3.19. The molecule has 0 atom stereocenters. The zero-order valence-electron chi connectivity index (χ0n) is 11.3. The van der Waals surface area contributed by atoms with E-state index in [-0.39, 0.29) is 11.9 Å². The minimum Gasteiger partial charge on any atom is -0.388 e. The molecule has 2 rings (SSSR count). The van der Waals surface area contributed by atoms with E-state index in [2.05, 4.69) is 28.7 Å². The number of para-hydroxylation sites is 2. The van der Waals surface area contributed by atoms with Crippen molar-refractivity contribution < 1.29 is 0 Å². The smallest absolute Gasteiger partial charge is 0.148 e. The molecule has 0 saturated carbocycles. The number of fused-ring (bicyclic) bond motifs is 1. The predicted molar refractivity (Wildman–Crippen MR) is 78.6 cm³/mol. The van der Waals surface area contributed by atoms with E-state index in [4.69, 9.17) is 11.1 Å². The third-order valence-electron chi connectivity index (χ3n) is 2.98. The van der Waals surface area contributed by atoms with E-state index in [1.165, 1.54) is 0 Å². The Labute approximate surface area is 113 Å². The monoisotopic (exact) mass is 257 g/mol. The zero-order valence-corrected chi connectivity index (χ0v) is 11.3. The van der Waals surface area contributed by atoms with Gasteiger partial charge in [-0.2, -0.15) is 0 Å². The second kappa shape index (κ2) is 5.65. The third-order valence-corrected chi connectivity index (χ3v) is 2.98. The first-order chi connectivity index (χ1) is 9.08. The van der Waals surface area contributed by atoms with Crippen LogP contribution in [0.2, 0.25) is 0 Å². The predicted octanol–water partition coefficient (Wildman–Crippen LogP) is 2.17. The quantitative estimate of drug-likeness (QED) is 0.635. The number of hydrogen-bond donors (Lipinski definition) is 2. The molecule has 2 aromatic rings. The Morgan fingerprint density at radius 3 is 2.63 bits per heavy atom. The molecule has 0 amide bonds. The highest BCUT2D eigenvalue weighted by molar-refractivity contribution is 5.78. The number of nitrogens with zero attached hydrogens (tertiary/aromatic N) is 3. The summed E-state index contributed by atoms with van der Waals surface area (Å²) in [5, 5.41) is 7.34. The van der Waals surface area contributed by atoms with Gasteiger partial charge in [-0.15, -0.1) is 0 Å². The molecule has 5 nitrogen and oxygen atoms in total. The summed E-state index contributed by atoms with van der Waals surface area (Å²) < 4.78 is 0. The average molecular weight is 257 g/mol. The van der Waals surface area contributed by atoms with Gasteiger partial charge in [-0.3, -0.25) is 10.4 Å². The van der Waals surface area contributed by atoms with Gasteiger partial charge < -0.3 is 10.6 Å². The molecule has 100 valence electrons. The normalized spacial score (nSPS) is 10.9. The van der Waals surface area contributed by atoms with Crippen LogP contribution in [-0.2, 0) is 0 Å². The number of hydrogen-bond acceptors (Lipinski definition) is 4. The maximum absolute atomic E-state index is 7.34. The summed E-state index contributed by atoms with van der Waals surface area (Å²) >= 11 is 0. The molecule has 0 aliphatic carbocycles. The lowest BCUT2D eigenvalue weighted by atomic mass is 10.2. The highest BCUT2D eigenvalue weighted by atomic mass is 15.2. The van der Waals surface area contributed by atoms with Crippen LogP contribution in [0, 0.1) is 5.41 Å². The van der Waals surface area contributed by atoms with Crippen LogP contribution in [0.4, 0.5) is 5.82 Å². The lowest BCUT2D eigenvalue weighted by molar-refractivity contribution is 0.679. The van der Waals surface area contributed by atoms with Gasteiger partial charge in [0.15, 0.2) is 0 Å². The van der Waals surface area contributed by atoms with E-state index in [1.54, 1.807) is 6.20 Å². The largest absolute Gasteiger partial charge is 0.388 e. The molecule has 19 heavy (non-hydrogen) atoms. The molecule has 0 unspecified atom stereocenters. The molecule has 0 aliphatic rings. The summed E-state index contributed by atoms with van der Waals surface area (Å²) in [6, 6.07) is 8.09. The number of amidine groups is 1. The molecular formula is C14H19N5. The van der Waals surface area contributed by atoms with Crippen LogP contribution in [0.1, 0.15) is 20.3 Å². The second-order valence-corrected chi connectivity index (χ2v) is 4.78. The Bertz CT molecular complexity index is 579. The van der Waals surface area contributed by atoms with Crippen molar-refractivity contribution in [3.05, 3.63) is 30.5 Å². The van der Waals surface area contributed by atoms with Crippen LogP contribution in [-0.4, -0.2) is 28.4 Å². The van der Waals surface area contributed by atoms with E-state index in [1.807, 2.05) is 24.3 Å². The highest BCUT2D eigenvalue weighted by Crippen LogP contribution is 2.17. The van der Waals surface area contributed by atoms with E-state index >= 15 is 0 Å². The number of rotatable bonds is 5. The van der Waals surface area contributed by atoms with Crippen molar-refractivity contribution in [3.8, 4) is 0 Å². The SMILES string of the molecule is CC(C)N(CCC(=N)N)c1cnc2ccccc2n1. The van der Waals surface area contributed by atoms with Crippen molar-refractivity contribution in [3.63, 3.8) is 0 Å². The molecule has 0 saturated heterocycles. The van der Waals surface area contributed by atoms with E-state index in [9.17, 15) is 0 Å². The highest BCUT2D eigenvalue weighted by Gasteiger charge is 2.13. The topological polar surface area (TPSA) is 78.9 Å². The van der Waals surface area contributed by atoms with Crippen molar-refractivity contribution in [2.24, 2.45) is 5.73 Å². The zero-order chi connectivity index (χ0) is 13.8. The van der Waals surface area contributed by atoms with Gasteiger partial charge in [0.2, 0.25) is 0 Å². The van der Waals surface area contributed by atoms with Gasteiger partial charge in [-0.25, -0.2) is 4.98 Å². The van der Waals surface area contributed by atoms with Gasteiger partial charge in [-0.05, 0) is 26.0 Å². The number of benzene rings is 1. The summed E-state index contributed by atoms with van der Waals surface area (Å²) in [5.74, 6) is 1.02. The summed E-state index contributed by atoms with van der Waals surface area (Å²) in [6.07, 6.45) is 2.31. The Balaban J connectivity index is 2.30. The van der Waals surface area contributed by atoms with E-state index < -0.39 is 0 Å². The van der Waals surface area contributed by atoms with Crippen LogP contribution < -0.4 is 10.6 Å². The molecular weight excluding hydrogens is 238 g/mol. The van der Waals surface area contributed by atoms with Crippen molar-refractivity contribution in [1.29, 1.82) is 5.41 Å². The average Bonchev–Trinajstić information content (AvgIpc) is 2.38. The second-order valence-electron chi connectivity index (χ2n) is 4.78. The fourth-order valence-corrected chi connectivity index (χ4v) is 1.96. The maximum atomic E-state index is 7.34. The number of anilines is 1. The van der Waals surface area contributed by atoms with E-state index in [0.29, 0.717) is 13.0 Å². The van der Waals surface area contributed by atoms with Gasteiger partial charge in [0, 0.05) is 19.0 Å². The summed E-state index contributed by atoms with van der Waals surface area (Å²) in [7, 11) is 0. The first-order valence-electron chi connectivity index (χ1n) is 6.39. The van der Waals surface area contributed by atoms with Crippen molar-refractivity contribution in [2.75, 3.05) is 11.4 Å². The molecule has 1 aromatic carbocycles. The van der Waals surface area contributed by atoms with Crippen molar-refractivity contribution in [1.82, 2.24) is 9.97 Å². The van der Waals surface area contributed by atoms with Crippen molar-refractivity contribution in [2.45, 2.75) is 26.3 Å². The fraction of sp³-hybridized carbons (Fsp3) is 0.357. The Hall–Kier alpha value is -2.17. The Morgan fingerprint density at radius 1 is 1.32 bits per heavy atom. The Kier molecular flexibility index (Phi) is 3.94. The van der Waals surface area contributed by atoms with Gasteiger partial charge >= 0.3 is 0 Å². The maximum Gasteiger partial charge on any atom is 0.148 e. The van der Waals surface area contributed by atoms with E-state index in [0.717, 1.165) is 16.9 Å². The molecule has 0 bridgehead atoms. The van der Waals surface area contributed by atoms with Crippen LogP contribution in [0.15, 0.2) is 30.5 Å². The molecule has 1 heterocycles. The van der Waals surface area contributed by atoms with Gasteiger partial charge in [-0.1, -0.05) is 12.1 Å². The standard InChI is InChI=1S/C14H19N5/c1-10(2)19(8-7-13(15)16)14-9-17-11-5-3-4-6-12(11)18-14/h3-6,9-10H,7-8H2,1-2H3,(H3,15,16).